The Kier molecular flexibility index (Phi) is 9.84. The minimum absolute atomic E-state index is 0.319. The number of nitrogens with one attached hydrogen (secondary N) is 1. The number of rotatable bonds is 10. The van der Waals surface area contributed by atoms with Gasteiger partial charge in [0.15, 0.2) is 0 Å². The molecule has 2 heterocycles. The Bertz CT molecular complexity index is 1210. The van der Waals surface area contributed by atoms with Crippen molar-refractivity contribution in [3.05, 3.63) is 113 Å². The van der Waals surface area contributed by atoms with Crippen molar-refractivity contribution >= 4 is 21.8 Å². The van der Waals surface area contributed by atoms with Crippen molar-refractivity contribution in [2.24, 2.45) is 5.92 Å². The van der Waals surface area contributed by atoms with Gasteiger partial charge in [-0.1, -0.05) is 68.5 Å². The zero-order valence-corrected chi connectivity index (χ0v) is 24.9. The number of hydrogen-bond donors (Lipinski definition) is 1. The Morgan fingerprint density at radius 3 is 2.49 bits per heavy atom. The van der Waals surface area contributed by atoms with E-state index in [9.17, 15) is 4.79 Å². The molecule has 1 aliphatic carbocycles. The smallest absolute Gasteiger partial charge is 0.233 e. The number of allylic oxidation sites excluding steroid dienone is 5. The molecule has 0 unspecified atom stereocenters. The first-order valence-electron chi connectivity index (χ1n) is 14.0. The lowest BCUT2D eigenvalue weighted by atomic mass is 9.77. The van der Waals surface area contributed by atoms with Gasteiger partial charge in [0.1, 0.15) is 5.82 Å². The second kappa shape index (κ2) is 13.3. The molecule has 4 rings (SSSR count). The molecule has 0 bridgehead atoms. The van der Waals surface area contributed by atoms with E-state index in [-0.39, 0.29) is 5.41 Å². The molecule has 1 amide bonds. The molecule has 0 atom stereocenters. The highest BCUT2D eigenvalue weighted by Gasteiger charge is 2.45. The zero-order valence-electron chi connectivity index (χ0n) is 23.3. The third kappa shape index (κ3) is 6.73. The zero-order chi connectivity index (χ0) is 27.8. The van der Waals surface area contributed by atoms with E-state index >= 15 is 0 Å². The van der Waals surface area contributed by atoms with Crippen LogP contribution in [0.1, 0.15) is 56.6 Å². The number of nitrogens with zero attached hydrogens (tertiary/aromatic N) is 3. The molecule has 1 saturated heterocycles. The summed E-state index contributed by atoms with van der Waals surface area (Å²) in [5.74, 6) is 1.62. The molecular formula is C33H41BrN4O. The van der Waals surface area contributed by atoms with E-state index in [1.165, 1.54) is 5.56 Å². The molecule has 0 spiro atoms. The lowest BCUT2D eigenvalue weighted by molar-refractivity contribution is -0.138. The first-order valence-corrected chi connectivity index (χ1v) is 14.8. The molecule has 1 N–H and O–H groups in total. The van der Waals surface area contributed by atoms with Gasteiger partial charge in [0, 0.05) is 49.3 Å². The lowest BCUT2D eigenvalue weighted by Crippen LogP contribution is -2.48. The van der Waals surface area contributed by atoms with Gasteiger partial charge in [0.05, 0.1) is 5.41 Å². The van der Waals surface area contributed by atoms with E-state index in [2.05, 4.69) is 92.5 Å². The Hall–Kier alpha value is -3.12. The summed E-state index contributed by atoms with van der Waals surface area (Å²) in [6.07, 6.45) is 13.6. The number of carbonyl (C=O) groups is 1. The number of likely N-dealkylation sites (tertiary alicyclic amines) is 1. The topological polar surface area (TPSA) is 48.5 Å². The average Bonchev–Trinajstić information content (AvgIpc) is 3.50. The van der Waals surface area contributed by atoms with Gasteiger partial charge in [-0.3, -0.25) is 9.78 Å². The van der Waals surface area contributed by atoms with Gasteiger partial charge < -0.3 is 15.1 Å². The summed E-state index contributed by atoms with van der Waals surface area (Å²) in [6.45, 7) is 12.7. The highest BCUT2D eigenvalue weighted by atomic mass is 79.9. The first-order chi connectivity index (χ1) is 18.9. The van der Waals surface area contributed by atoms with Gasteiger partial charge in [-0.2, -0.15) is 0 Å². The van der Waals surface area contributed by atoms with E-state index in [1.54, 1.807) is 12.3 Å². The summed E-state index contributed by atoms with van der Waals surface area (Å²) in [6, 6.07) is 14.4. The summed E-state index contributed by atoms with van der Waals surface area (Å²) in [4.78, 5) is 22.4. The second-order valence-corrected chi connectivity index (χ2v) is 11.6. The van der Waals surface area contributed by atoms with Crippen LogP contribution in [0.15, 0.2) is 102 Å². The van der Waals surface area contributed by atoms with Crippen molar-refractivity contribution < 1.29 is 4.79 Å². The van der Waals surface area contributed by atoms with E-state index in [0.29, 0.717) is 18.4 Å². The number of benzene rings is 1. The van der Waals surface area contributed by atoms with Gasteiger partial charge in [-0.25, -0.2) is 0 Å². The van der Waals surface area contributed by atoms with Gasteiger partial charge in [0.2, 0.25) is 5.91 Å². The number of aromatic nitrogens is 1. The minimum atomic E-state index is -0.348. The van der Waals surface area contributed by atoms with Gasteiger partial charge >= 0.3 is 0 Å². The third-order valence-corrected chi connectivity index (χ3v) is 9.30. The number of pyridine rings is 1. The van der Waals surface area contributed by atoms with E-state index in [0.717, 1.165) is 78.8 Å². The van der Waals surface area contributed by atoms with Crippen LogP contribution in [0.3, 0.4) is 0 Å². The Balaban J connectivity index is 1.46. The quantitative estimate of drug-likeness (QED) is 0.302. The van der Waals surface area contributed by atoms with E-state index in [1.807, 2.05) is 25.4 Å². The maximum Gasteiger partial charge on any atom is 0.233 e. The maximum absolute atomic E-state index is 13.9. The summed E-state index contributed by atoms with van der Waals surface area (Å²) in [5, 5.41) is 3.59. The monoisotopic (exact) mass is 588 g/mol. The highest BCUT2D eigenvalue weighted by molar-refractivity contribution is 9.11. The SMILES string of the molecule is C=C/C(Br)=C(/C)N(C)/C(=C\C(=C)C1CCN(C(=O)C2(c3ccccc3)CCCC2)CC1)NCc1cccnc1. The van der Waals surface area contributed by atoms with Crippen LogP contribution in [-0.2, 0) is 16.8 Å². The second-order valence-electron chi connectivity index (χ2n) is 10.7. The van der Waals surface area contributed by atoms with Gasteiger partial charge in [-0.05, 0) is 83.3 Å². The number of piperidine rings is 1. The molecule has 6 heteroatoms. The van der Waals surface area contributed by atoms with Crippen LogP contribution < -0.4 is 5.32 Å². The molecule has 39 heavy (non-hydrogen) atoms. The molecule has 1 aromatic heterocycles. The largest absolute Gasteiger partial charge is 0.367 e. The van der Waals surface area contributed by atoms with Crippen LogP contribution in [0.25, 0.3) is 0 Å². The molecule has 2 fully saturated rings. The van der Waals surface area contributed by atoms with Gasteiger partial charge in [0.25, 0.3) is 0 Å². The highest BCUT2D eigenvalue weighted by Crippen LogP contribution is 2.43. The fourth-order valence-electron chi connectivity index (χ4n) is 5.86. The fraction of sp³-hybridized carbons (Fsp3) is 0.394. The van der Waals surface area contributed by atoms with Crippen molar-refractivity contribution in [2.45, 2.75) is 57.4 Å². The summed E-state index contributed by atoms with van der Waals surface area (Å²) >= 11 is 3.61. The van der Waals surface area contributed by atoms with Crippen molar-refractivity contribution in [3.8, 4) is 0 Å². The number of halogens is 1. The van der Waals surface area contributed by atoms with Crippen molar-refractivity contribution in [3.63, 3.8) is 0 Å². The van der Waals surface area contributed by atoms with Crippen LogP contribution in [0.2, 0.25) is 0 Å². The van der Waals surface area contributed by atoms with Crippen LogP contribution in [0, 0.1) is 5.92 Å². The van der Waals surface area contributed by atoms with Crippen LogP contribution in [0.5, 0.6) is 0 Å². The molecule has 2 aromatic rings. The predicted molar refractivity (Wildman–Crippen MR) is 164 cm³/mol. The Morgan fingerprint density at radius 2 is 1.87 bits per heavy atom. The molecule has 1 aliphatic heterocycles. The number of amides is 1. The van der Waals surface area contributed by atoms with Crippen LogP contribution >= 0.6 is 15.9 Å². The minimum Gasteiger partial charge on any atom is -0.367 e. The molecule has 1 saturated carbocycles. The molecule has 206 valence electrons. The van der Waals surface area contributed by atoms with E-state index < -0.39 is 0 Å². The normalized spacial score (nSPS) is 18.3. The molecule has 0 radical (unpaired) electrons. The fourth-order valence-corrected chi connectivity index (χ4v) is 6.13. The van der Waals surface area contributed by atoms with Crippen molar-refractivity contribution in [1.82, 2.24) is 20.1 Å². The molecule has 1 aromatic carbocycles. The molecular weight excluding hydrogens is 548 g/mol. The summed E-state index contributed by atoms with van der Waals surface area (Å²) < 4.78 is 0.941. The predicted octanol–water partition coefficient (Wildman–Crippen LogP) is 7.06. The first kappa shape index (κ1) is 28.9. The van der Waals surface area contributed by atoms with Gasteiger partial charge in [-0.15, -0.1) is 0 Å². The van der Waals surface area contributed by atoms with Crippen LogP contribution in [0.4, 0.5) is 0 Å². The lowest BCUT2D eigenvalue weighted by Gasteiger charge is -2.39. The van der Waals surface area contributed by atoms with Crippen molar-refractivity contribution in [1.29, 1.82) is 0 Å². The number of carbonyl (C=O) groups excluding carboxylic acids is 1. The van der Waals surface area contributed by atoms with Crippen LogP contribution in [-0.4, -0.2) is 40.8 Å². The number of hydrogen-bond acceptors (Lipinski definition) is 4. The summed E-state index contributed by atoms with van der Waals surface area (Å²) in [5.41, 5.74) is 4.08. The summed E-state index contributed by atoms with van der Waals surface area (Å²) in [7, 11) is 2.04. The Morgan fingerprint density at radius 1 is 1.18 bits per heavy atom. The standard InChI is InChI=1S/C33H41BrN4O/c1-5-30(34)26(3)37(4)31(36-24-27-12-11-19-35-23-27)22-25(2)28-15-20-38(21-16-28)32(39)33(17-9-10-18-33)29-13-7-6-8-14-29/h5-8,11-14,19,22-23,28,36H,1-2,9-10,15-18,20-21,24H2,3-4H3/b30-26+,31-22-. The van der Waals surface area contributed by atoms with Crippen molar-refractivity contribution in [2.75, 3.05) is 20.1 Å². The molecule has 5 nitrogen and oxygen atoms in total. The maximum atomic E-state index is 13.9. The van der Waals surface area contributed by atoms with E-state index in [4.69, 9.17) is 0 Å². The third-order valence-electron chi connectivity index (χ3n) is 8.41. The average molecular weight is 590 g/mol. The Labute approximate surface area is 242 Å². The molecule has 2 aliphatic rings.